The lowest BCUT2D eigenvalue weighted by molar-refractivity contribution is 0.102. The Kier molecular flexibility index (Phi) is 4.79. The van der Waals surface area contributed by atoms with Crippen LogP contribution in [0.3, 0.4) is 0 Å². The molecular weight excluding hydrogens is 407 g/mol. The zero-order valence-electron chi connectivity index (χ0n) is 16.7. The fraction of sp³-hybridized carbons (Fsp3) is 0. The van der Waals surface area contributed by atoms with Crippen LogP contribution in [-0.2, 0) is 0 Å². The lowest BCUT2D eigenvalue weighted by Crippen LogP contribution is -2.13. The van der Waals surface area contributed by atoms with E-state index < -0.39 is 0 Å². The third kappa shape index (κ3) is 3.77. The van der Waals surface area contributed by atoms with Crippen LogP contribution in [0.1, 0.15) is 10.5 Å². The number of fused-ring (bicyclic) bond motifs is 1. The van der Waals surface area contributed by atoms with Gasteiger partial charge in [0.05, 0.1) is 28.8 Å². The van der Waals surface area contributed by atoms with E-state index >= 15 is 0 Å². The molecule has 0 saturated carbocycles. The Morgan fingerprint density at radius 2 is 1.84 bits per heavy atom. The van der Waals surface area contributed by atoms with E-state index in [-0.39, 0.29) is 17.4 Å². The van der Waals surface area contributed by atoms with E-state index in [1.165, 1.54) is 18.3 Å². The first-order chi connectivity index (χ1) is 15.6. The van der Waals surface area contributed by atoms with Crippen molar-refractivity contribution in [3.05, 3.63) is 90.8 Å². The largest absolute Gasteiger partial charge is 0.397 e. The summed E-state index contributed by atoms with van der Waals surface area (Å²) in [6.07, 6.45) is 4.81. The number of aromatic amines is 1. The SMILES string of the molecule is Nc1cncc(-c2ccc3[nH]nc(C(=O)Nc4ccc(-c5cccc(F)c5)nc4)c3c2)c1. The van der Waals surface area contributed by atoms with E-state index in [1.54, 1.807) is 36.7 Å². The summed E-state index contributed by atoms with van der Waals surface area (Å²) < 4.78 is 13.4. The zero-order chi connectivity index (χ0) is 22.1. The van der Waals surface area contributed by atoms with Crippen LogP contribution in [0.4, 0.5) is 15.8 Å². The molecule has 3 heterocycles. The molecule has 5 aromatic rings. The molecule has 0 aliphatic rings. The molecule has 0 spiro atoms. The van der Waals surface area contributed by atoms with Crippen LogP contribution in [-0.4, -0.2) is 26.1 Å². The van der Waals surface area contributed by atoms with E-state index in [9.17, 15) is 9.18 Å². The van der Waals surface area contributed by atoms with Crippen molar-refractivity contribution in [1.82, 2.24) is 20.2 Å². The average Bonchev–Trinajstić information content (AvgIpc) is 3.23. The Hall–Kier alpha value is -4.59. The maximum atomic E-state index is 13.4. The molecule has 0 bridgehead atoms. The molecule has 0 saturated heterocycles. The summed E-state index contributed by atoms with van der Waals surface area (Å²) in [6.45, 7) is 0. The second kappa shape index (κ2) is 7.92. The topological polar surface area (TPSA) is 110 Å². The third-order valence-corrected chi connectivity index (χ3v) is 5.01. The van der Waals surface area contributed by atoms with E-state index in [0.717, 1.165) is 16.6 Å². The maximum Gasteiger partial charge on any atom is 0.276 e. The molecule has 1 amide bonds. The van der Waals surface area contributed by atoms with E-state index in [0.29, 0.717) is 28.0 Å². The van der Waals surface area contributed by atoms with Gasteiger partial charge in [-0.1, -0.05) is 18.2 Å². The van der Waals surface area contributed by atoms with Gasteiger partial charge in [0.2, 0.25) is 0 Å². The number of nitrogens with one attached hydrogen (secondary N) is 2. The zero-order valence-corrected chi connectivity index (χ0v) is 16.7. The lowest BCUT2D eigenvalue weighted by Gasteiger charge is -2.06. The number of benzene rings is 2. The molecule has 156 valence electrons. The fourth-order valence-electron chi connectivity index (χ4n) is 3.46. The summed E-state index contributed by atoms with van der Waals surface area (Å²) >= 11 is 0. The lowest BCUT2D eigenvalue weighted by atomic mass is 10.0. The number of nitrogens with zero attached hydrogens (tertiary/aromatic N) is 3. The van der Waals surface area contributed by atoms with E-state index in [1.807, 2.05) is 24.3 Å². The molecule has 0 atom stereocenters. The number of aromatic nitrogens is 4. The first-order valence-corrected chi connectivity index (χ1v) is 9.79. The molecule has 2 aromatic carbocycles. The number of carbonyl (C=O) groups excluding carboxylic acids is 1. The van der Waals surface area contributed by atoms with Crippen molar-refractivity contribution in [3.63, 3.8) is 0 Å². The molecule has 5 rings (SSSR count). The first kappa shape index (κ1) is 19.4. The van der Waals surface area contributed by atoms with Crippen molar-refractivity contribution in [2.24, 2.45) is 0 Å². The van der Waals surface area contributed by atoms with Crippen molar-refractivity contribution >= 4 is 28.2 Å². The van der Waals surface area contributed by atoms with Crippen LogP contribution in [0.2, 0.25) is 0 Å². The maximum absolute atomic E-state index is 13.4. The number of hydrogen-bond donors (Lipinski definition) is 3. The van der Waals surface area contributed by atoms with Crippen LogP contribution < -0.4 is 11.1 Å². The number of amides is 1. The number of H-pyrrole nitrogens is 1. The average molecular weight is 424 g/mol. The van der Waals surface area contributed by atoms with Gasteiger partial charge in [-0.25, -0.2) is 4.39 Å². The van der Waals surface area contributed by atoms with Crippen molar-refractivity contribution < 1.29 is 9.18 Å². The van der Waals surface area contributed by atoms with Gasteiger partial charge in [-0.3, -0.25) is 19.9 Å². The number of carbonyl (C=O) groups is 1. The number of pyridine rings is 2. The fourth-order valence-corrected chi connectivity index (χ4v) is 3.46. The predicted molar refractivity (Wildman–Crippen MR) is 121 cm³/mol. The third-order valence-electron chi connectivity index (χ3n) is 5.01. The van der Waals surface area contributed by atoms with Gasteiger partial charge in [-0.05, 0) is 48.0 Å². The second-order valence-electron chi connectivity index (χ2n) is 7.24. The molecule has 7 nitrogen and oxygen atoms in total. The van der Waals surface area contributed by atoms with Crippen molar-refractivity contribution in [2.75, 3.05) is 11.1 Å². The smallest absolute Gasteiger partial charge is 0.276 e. The minimum atomic E-state index is -0.376. The second-order valence-corrected chi connectivity index (χ2v) is 7.24. The standard InChI is InChI=1S/C24H17FN6O/c25-17-3-1-2-15(8-17)21-7-5-19(13-28-21)29-24(32)23-20-10-14(4-6-22(20)30-31-23)16-9-18(26)12-27-11-16/h1-13H,26H2,(H,29,32)(H,30,31). The summed E-state index contributed by atoms with van der Waals surface area (Å²) in [5.41, 5.74) is 10.9. The first-order valence-electron chi connectivity index (χ1n) is 9.79. The van der Waals surface area contributed by atoms with Crippen molar-refractivity contribution in [2.45, 2.75) is 0 Å². The highest BCUT2D eigenvalue weighted by atomic mass is 19.1. The summed E-state index contributed by atoms with van der Waals surface area (Å²) in [4.78, 5) is 21.3. The highest BCUT2D eigenvalue weighted by Gasteiger charge is 2.16. The highest BCUT2D eigenvalue weighted by molar-refractivity contribution is 6.11. The molecule has 0 fully saturated rings. The number of halogens is 1. The van der Waals surface area contributed by atoms with Gasteiger partial charge in [0.25, 0.3) is 5.91 Å². The van der Waals surface area contributed by atoms with Gasteiger partial charge < -0.3 is 11.1 Å². The molecule has 4 N–H and O–H groups in total. The molecule has 0 unspecified atom stereocenters. The van der Waals surface area contributed by atoms with Crippen LogP contribution in [0.15, 0.2) is 79.3 Å². The van der Waals surface area contributed by atoms with Crippen molar-refractivity contribution in [3.8, 4) is 22.4 Å². The van der Waals surface area contributed by atoms with Gasteiger partial charge >= 0.3 is 0 Å². The molecular formula is C24H17FN6O. The summed E-state index contributed by atoms with van der Waals surface area (Å²) in [5.74, 6) is -0.708. The Morgan fingerprint density at radius 3 is 2.62 bits per heavy atom. The Bertz CT molecular complexity index is 1440. The van der Waals surface area contributed by atoms with Gasteiger partial charge in [-0.15, -0.1) is 0 Å². The minimum Gasteiger partial charge on any atom is -0.397 e. The van der Waals surface area contributed by atoms with Crippen LogP contribution in [0, 0.1) is 5.82 Å². The van der Waals surface area contributed by atoms with Gasteiger partial charge in [0.1, 0.15) is 5.82 Å². The van der Waals surface area contributed by atoms with Crippen molar-refractivity contribution in [1.29, 1.82) is 0 Å². The molecule has 32 heavy (non-hydrogen) atoms. The number of nitrogen functional groups attached to an aromatic ring is 1. The normalized spacial score (nSPS) is 10.9. The summed E-state index contributed by atoms with van der Waals surface area (Å²) in [6, 6.07) is 17.1. The van der Waals surface area contributed by atoms with Crippen LogP contribution in [0.25, 0.3) is 33.3 Å². The molecule has 8 heteroatoms. The van der Waals surface area contributed by atoms with Gasteiger partial charge in [0.15, 0.2) is 5.69 Å². The molecule has 0 aliphatic heterocycles. The highest BCUT2D eigenvalue weighted by Crippen LogP contribution is 2.26. The molecule has 0 aliphatic carbocycles. The summed E-state index contributed by atoms with van der Waals surface area (Å²) in [7, 11) is 0. The number of anilines is 2. The summed E-state index contributed by atoms with van der Waals surface area (Å²) in [5, 5.41) is 10.5. The monoisotopic (exact) mass is 424 g/mol. The molecule has 3 aromatic heterocycles. The Labute approximate surface area is 182 Å². The van der Waals surface area contributed by atoms with E-state index in [2.05, 4.69) is 25.5 Å². The predicted octanol–water partition coefficient (Wildman–Crippen LogP) is 4.66. The minimum absolute atomic E-state index is 0.257. The van der Waals surface area contributed by atoms with Gasteiger partial charge in [-0.2, -0.15) is 5.10 Å². The molecule has 0 radical (unpaired) electrons. The van der Waals surface area contributed by atoms with Gasteiger partial charge in [0, 0.05) is 28.9 Å². The number of nitrogens with two attached hydrogens (primary N) is 1. The Balaban J connectivity index is 1.40. The number of hydrogen-bond acceptors (Lipinski definition) is 5. The van der Waals surface area contributed by atoms with Crippen LogP contribution in [0.5, 0.6) is 0 Å². The Morgan fingerprint density at radius 1 is 0.938 bits per heavy atom. The van der Waals surface area contributed by atoms with Crippen LogP contribution >= 0.6 is 0 Å². The quantitative estimate of drug-likeness (QED) is 0.389. The number of rotatable bonds is 4. The van der Waals surface area contributed by atoms with E-state index in [4.69, 9.17) is 5.73 Å².